The Bertz CT molecular complexity index is 541. The fourth-order valence-electron chi connectivity index (χ4n) is 1.57. The van der Waals surface area contributed by atoms with Crippen molar-refractivity contribution >= 4 is 23.1 Å². The summed E-state index contributed by atoms with van der Waals surface area (Å²) in [4.78, 5) is 0. The summed E-state index contributed by atoms with van der Waals surface area (Å²) in [6.45, 7) is 2.92. The summed E-state index contributed by atoms with van der Waals surface area (Å²) in [5.74, 6) is 0.616. The van der Waals surface area contributed by atoms with Crippen molar-refractivity contribution in [2.45, 2.75) is 13.3 Å². The Morgan fingerprint density at radius 3 is 2.55 bits per heavy atom. The number of hydrogen-bond donors (Lipinski definition) is 3. The molecule has 2 rings (SSSR count). The van der Waals surface area contributed by atoms with Crippen LogP contribution in [0.2, 0.25) is 0 Å². The molecular formula is C14H17N5S. The van der Waals surface area contributed by atoms with Gasteiger partial charge in [0.05, 0.1) is 5.69 Å². The second-order valence-corrected chi connectivity index (χ2v) is 4.58. The molecule has 1 aromatic heterocycles. The summed E-state index contributed by atoms with van der Waals surface area (Å²) in [7, 11) is 0. The second-order valence-electron chi connectivity index (χ2n) is 4.18. The second kappa shape index (κ2) is 7.40. The van der Waals surface area contributed by atoms with Crippen molar-refractivity contribution in [3.05, 3.63) is 42.5 Å². The van der Waals surface area contributed by atoms with Gasteiger partial charge in [-0.05, 0) is 30.8 Å². The molecule has 0 aliphatic carbocycles. The quantitative estimate of drug-likeness (QED) is 0.579. The van der Waals surface area contributed by atoms with Gasteiger partial charge < -0.3 is 5.32 Å². The normalized spacial score (nSPS) is 9.85. The summed E-state index contributed by atoms with van der Waals surface area (Å²) in [5.41, 5.74) is 7.64. The lowest BCUT2D eigenvalue weighted by atomic mass is 10.1. The Balaban J connectivity index is 1.90. The Labute approximate surface area is 123 Å². The van der Waals surface area contributed by atoms with Crippen LogP contribution in [-0.4, -0.2) is 21.9 Å². The van der Waals surface area contributed by atoms with Gasteiger partial charge in [-0.25, -0.2) is 0 Å². The van der Waals surface area contributed by atoms with E-state index in [1.807, 2.05) is 42.5 Å². The Kier molecular flexibility index (Phi) is 5.25. The number of nitrogens with zero attached hydrogens (tertiary/aromatic N) is 2. The molecule has 0 aliphatic heterocycles. The van der Waals surface area contributed by atoms with Crippen molar-refractivity contribution < 1.29 is 0 Å². The minimum atomic E-state index is 0.542. The van der Waals surface area contributed by atoms with Crippen LogP contribution in [0.15, 0.2) is 42.5 Å². The third-order valence-corrected chi connectivity index (χ3v) is 2.82. The number of nitrogens with one attached hydrogen (secondary N) is 3. The van der Waals surface area contributed by atoms with Crippen LogP contribution in [0.5, 0.6) is 0 Å². The van der Waals surface area contributed by atoms with Crippen molar-refractivity contribution in [1.29, 1.82) is 0 Å². The van der Waals surface area contributed by atoms with E-state index in [0.717, 1.165) is 24.2 Å². The highest BCUT2D eigenvalue weighted by Crippen LogP contribution is 2.15. The highest BCUT2D eigenvalue weighted by Gasteiger charge is 2.00. The molecule has 1 heterocycles. The van der Waals surface area contributed by atoms with E-state index >= 15 is 0 Å². The number of hydrogen-bond acceptors (Lipinski definition) is 4. The predicted molar refractivity (Wildman–Crippen MR) is 85.1 cm³/mol. The van der Waals surface area contributed by atoms with E-state index in [9.17, 15) is 0 Å². The van der Waals surface area contributed by atoms with Gasteiger partial charge in [0.15, 0.2) is 10.9 Å². The van der Waals surface area contributed by atoms with E-state index < -0.39 is 0 Å². The lowest BCUT2D eigenvalue weighted by molar-refractivity contribution is 0.824. The van der Waals surface area contributed by atoms with Gasteiger partial charge in [-0.1, -0.05) is 37.3 Å². The van der Waals surface area contributed by atoms with E-state index in [0.29, 0.717) is 10.9 Å². The maximum absolute atomic E-state index is 5.09. The van der Waals surface area contributed by atoms with Crippen LogP contribution in [0.25, 0.3) is 11.3 Å². The summed E-state index contributed by atoms with van der Waals surface area (Å²) in [6, 6.07) is 13.7. The van der Waals surface area contributed by atoms with Crippen LogP contribution in [-0.2, 0) is 0 Å². The van der Waals surface area contributed by atoms with Gasteiger partial charge in [0.25, 0.3) is 0 Å². The van der Waals surface area contributed by atoms with Crippen LogP contribution in [0.3, 0.4) is 0 Å². The van der Waals surface area contributed by atoms with E-state index in [-0.39, 0.29) is 0 Å². The average molecular weight is 287 g/mol. The van der Waals surface area contributed by atoms with Crippen LogP contribution >= 0.6 is 12.2 Å². The van der Waals surface area contributed by atoms with Gasteiger partial charge in [0.1, 0.15) is 0 Å². The average Bonchev–Trinajstić information content (AvgIpc) is 2.52. The molecule has 20 heavy (non-hydrogen) atoms. The molecule has 1 aromatic carbocycles. The van der Waals surface area contributed by atoms with Crippen molar-refractivity contribution in [3.8, 4) is 11.3 Å². The largest absolute Gasteiger partial charge is 0.361 e. The first kappa shape index (κ1) is 14.2. The first-order chi connectivity index (χ1) is 9.79. The number of hydrazine groups is 1. The van der Waals surface area contributed by atoms with E-state index in [4.69, 9.17) is 12.2 Å². The van der Waals surface area contributed by atoms with Crippen LogP contribution < -0.4 is 16.2 Å². The molecule has 0 bridgehead atoms. The maximum atomic E-state index is 5.09. The Morgan fingerprint density at radius 1 is 1.10 bits per heavy atom. The minimum absolute atomic E-state index is 0.542. The van der Waals surface area contributed by atoms with Gasteiger partial charge in [-0.15, -0.1) is 10.2 Å². The van der Waals surface area contributed by atoms with Gasteiger partial charge in [-0.2, -0.15) is 0 Å². The van der Waals surface area contributed by atoms with E-state index in [1.165, 1.54) is 0 Å². The summed E-state index contributed by atoms with van der Waals surface area (Å²) < 4.78 is 0. The molecule has 0 unspecified atom stereocenters. The predicted octanol–water partition coefficient (Wildman–Crippen LogP) is 2.34. The van der Waals surface area contributed by atoms with E-state index in [2.05, 4.69) is 33.3 Å². The number of rotatable bonds is 5. The first-order valence-corrected chi connectivity index (χ1v) is 6.89. The number of anilines is 1. The zero-order valence-electron chi connectivity index (χ0n) is 11.3. The van der Waals surface area contributed by atoms with Crippen molar-refractivity contribution in [1.82, 2.24) is 20.9 Å². The van der Waals surface area contributed by atoms with E-state index in [1.54, 1.807) is 0 Å². The van der Waals surface area contributed by atoms with Crippen LogP contribution in [0.4, 0.5) is 5.82 Å². The molecule has 0 saturated carbocycles. The molecule has 0 radical (unpaired) electrons. The zero-order valence-corrected chi connectivity index (χ0v) is 12.1. The van der Waals surface area contributed by atoms with Gasteiger partial charge in [-0.3, -0.25) is 10.9 Å². The molecule has 0 saturated heterocycles. The number of thiocarbonyl (C=S) groups is 1. The topological polar surface area (TPSA) is 61.9 Å². The summed E-state index contributed by atoms with van der Waals surface area (Å²) in [6.07, 6.45) is 1.02. The van der Waals surface area contributed by atoms with Crippen LogP contribution in [0.1, 0.15) is 13.3 Å². The lowest BCUT2D eigenvalue weighted by Gasteiger charge is -2.10. The molecule has 5 nitrogen and oxygen atoms in total. The maximum Gasteiger partial charge on any atom is 0.185 e. The molecule has 0 spiro atoms. The molecule has 0 amide bonds. The number of benzene rings is 1. The molecular weight excluding hydrogens is 270 g/mol. The van der Waals surface area contributed by atoms with Crippen molar-refractivity contribution in [2.75, 3.05) is 12.0 Å². The molecule has 0 fully saturated rings. The number of aromatic nitrogens is 2. The highest BCUT2D eigenvalue weighted by atomic mass is 32.1. The monoisotopic (exact) mass is 287 g/mol. The summed E-state index contributed by atoms with van der Waals surface area (Å²) in [5, 5.41) is 11.9. The molecule has 6 heteroatoms. The van der Waals surface area contributed by atoms with Crippen molar-refractivity contribution in [2.24, 2.45) is 0 Å². The fourth-order valence-corrected chi connectivity index (χ4v) is 1.72. The lowest BCUT2D eigenvalue weighted by Crippen LogP contribution is -2.39. The Hall–Kier alpha value is -2.21. The molecule has 0 atom stereocenters. The molecule has 104 valence electrons. The zero-order chi connectivity index (χ0) is 14.2. The van der Waals surface area contributed by atoms with Gasteiger partial charge >= 0.3 is 0 Å². The third kappa shape index (κ3) is 4.17. The minimum Gasteiger partial charge on any atom is -0.361 e. The first-order valence-electron chi connectivity index (χ1n) is 6.48. The molecule has 3 N–H and O–H groups in total. The summed E-state index contributed by atoms with van der Waals surface area (Å²) >= 11 is 5.09. The smallest absolute Gasteiger partial charge is 0.185 e. The standard InChI is InChI=1S/C14H17N5S/c1-2-10-15-14(20)19-18-13-9-8-12(16-17-13)11-6-4-3-5-7-11/h3-9H,2,10H2,1H3,(H,17,18)(H2,15,19,20). The Morgan fingerprint density at radius 2 is 1.90 bits per heavy atom. The highest BCUT2D eigenvalue weighted by molar-refractivity contribution is 7.80. The fraction of sp³-hybridized carbons (Fsp3) is 0.214. The van der Waals surface area contributed by atoms with Crippen LogP contribution in [0, 0.1) is 0 Å². The van der Waals surface area contributed by atoms with Crippen molar-refractivity contribution in [3.63, 3.8) is 0 Å². The SMILES string of the molecule is CCCNC(=S)NNc1ccc(-c2ccccc2)nn1. The molecule has 0 aliphatic rings. The molecule has 2 aromatic rings. The van der Waals surface area contributed by atoms with Gasteiger partial charge in [0.2, 0.25) is 0 Å². The van der Waals surface area contributed by atoms with Gasteiger partial charge in [0, 0.05) is 12.1 Å². The third-order valence-electron chi connectivity index (χ3n) is 2.57.